The molecule has 0 radical (unpaired) electrons. The maximum absolute atomic E-state index is 3.96. The van der Waals surface area contributed by atoms with Gasteiger partial charge in [0, 0.05) is 0 Å². The van der Waals surface area contributed by atoms with Crippen molar-refractivity contribution in [1.82, 2.24) is 0 Å². The van der Waals surface area contributed by atoms with E-state index in [1.54, 1.807) is 11.1 Å². The number of fused-ring (bicyclic) bond motifs is 2. The first-order chi connectivity index (χ1) is 22.6. The standard InChI is InChI=1S/2C17H15.C9H12Si.2CH3.Hf/c2*1-12-6-3-9-15(13(12)2)17-11-5-8-14-7-4-10-16(14)17;1-10-8-7-9-5-3-2-4-6-9;;;/h2*3-11H,1-2H3;2-6H,7-8H2,1H3;2*1H3;. The molecule has 0 aromatic heterocycles. The molecule has 47 heavy (non-hydrogen) atoms. The van der Waals surface area contributed by atoms with E-state index in [0.717, 1.165) is 0 Å². The van der Waals surface area contributed by atoms with Gasteiger partial charge < -0.3 is 0 Å². The predicted octanol–water partition coefficient (Wildman–Crippen LogP) is 12.7. The summed E-state index contributed by atoms with van der Waals surface area (Å²) < 4.78 is 6.79. The summed E-state index contributed by atoms with van der Waals surface area (Å²) in [5.41, 5.74) is 17.9. The van der Waals surface area contributed by atoms with E-state index >= 15 is 0 Å². The molecule has 0 heterocycles. The fourth-order valence-corrected chi connectivity index (χ4v) is 51.8. The van der Waals surface area contributed by atoms with E-state index in [0.29, 0.717) is 7.35 Å². The van der Waals surface area contributed by atoms with Crippen molar-refractivity contribution < 1.29 is 17.1 Å². The summed E-state index contributed by atoms with van der Waals surface area (Å²) in [5.74, 6) is 0. The zero-order valence-corrected chi connectivity index (χ0v) is 33.8. The van der Waals surface area contributed by atoms with Crippen molar-refractivity contribution in [1.29, 1.82) is 0 Å². The number of allylic oxidation sites excluding steroid dienone is 2. The maximum atomic E-state index is 2.87. The van der Waals surface area contributed by atoms with Crippen LogP contribution in [0.2, 0.25) is 22.0 Å². The van der Waals surface area contributed by atoms with Crippen molar-refractivity contribution in [3.63, 3.8) is 0 Å². The number of benzene rings is 5. The molecular formula is C45H48HfSi. The molecule has 0 bridgehead atoms. The van der Waals surface area contributed by atoms with Gasteiger partial charge in [0.2, 0.25) is 0 Å². The molecule has 0 spiro atoms. The second-order valence-corrected chi connectivity index (χ2v) is 62.6. The molecule has 2 unspecified atom stereocenters. The molecule has 0 saturated carbocycles. The zero-order valence-electron chi connectivity index (χ0n) is 29.2. The van der Waals surface area contributed by atoms with Crippen LogP contribution >= 0.6 is 0 Å². The van der Waals surface area contributed by atoms with Gasteiger partial charge in [-0.3, -0.25) is 0 Å². The van der Waals surface area contributed by atoms with Gasteiger partial charge in [0.1, 0.15) is 0 Å². The summed E-state index contributed by atoms with van der Waals surface area (Å²) in [6.07, 6.45) is 11.5. The van der Waals surface area contributed by atoms with Gasteiger partial charge in [-0.1, -0.05) is 0 Å². The normalized spacial score (nSPS) is 16.8. The van der Waals surface area contributed by atoms with Crippen molar-refractivity contribution in [3.05, 3.63) is 165 Å². The monoisotopic (exact) mass is 796 g/mol. The Balaban J connectivity index is 1.42. The molecule has 2 aliphatic carbocycles. The Kier molecular flexibility index (Phi) is 8.42. The van der Waals surface area contributed by atoms with Gasteiger partial charge in [-0.15, -0.1) is 0 Å². The van der Waals surface area contributed by atoms with Gasteiger partial charge in [0.15, 0.2) is 0 Å². The Bertz CT molecular complexity index is 2030. The van der Waals surface area contributed by atoms with Gasteiger partial charge >= 0.3 is 286 Å². The second kappa shape index (κ2) is 12.3. The average molecular weight is 795 g/mol. The molecule has 0 fully saturated rings. The van der Waals surface area contributed by atoms with E-state index in [1.165, 1.54) is 73.7 Å². The van der Waals surface area contributed by atoms with Gasteiger partial charge in [0.25, 0.3) is 0 Å². The zero-order chi connectivity index (χ0) is 32.9. The molecule has 2 heteroatoms. The Morgan fingerprint density at radius 1 is 0.532 bits per heavy atom. The Labute approximate surface area is 284 Å². The SMILES string of the molecule is Cc1cccc(-c2cccc3c2C=C[CH]3[Hf]([CH3])([CH3])([CH]2C=Cc3c(-c4cccc(C)c4C)cccc32)=[Si](C)CCc2ccccc2)c1C. The molecule has 0 saturated heterocycles. The van der Waals surface area contributed by atoms with Crippen LogP contribution in [0.15, 0.2) is 115 Å². The summed E-state index contributed by atoms with van der Waals surface area (Å²) in [5, 5.41) is 0. The van der Waals surface area contributed by atoms with Gasteiger partial charge in [0.05, 0.1) is 0 Å². The molecule has 0 aliphatic heterocycles. The van der Waals surface area contributed by atoms with Crippen LogP contribution in [0.4, 0.5) is 0 Å². The van der Waals surface area contributed by atoms with E-state index in [4.69, 9.17) is 0 Å². The molecule has 0 N–H and O–H groups in total. The van der Waals surface area contributed by atoms with Crippen LogP contribution in [0.5, 0.6) is 0 Å². The predicted molar refractivity (Wildman–Crippen MR) is 205 cm³/mol. The fourth-order valence-electron chi connectivity index (χ4n) is 8.87. The number of hydrogen-bond donors (Lipinski definition) is 0. The van der Waals surface area contributed by atoms with E-state index in [2.05, 4.69) is 171 Å². The van der Waals surface area contributed by atoms with E-state index in [1.807, 2.05) is 0 Å². The minimum atomic E-state index is -3.96. The third-order valence-corrected chi connectivity index (χ3v) is 70.4. The first-order valence-corrected chi connectivity index (χ1v) is 36.3. The van der Waals surface area contributed by atoms with Crippen LogP contribution in [-0.4, -0.2) is 5.49 Å². The van der Waals surface area contributed by atoms with Crippen LogP contribution in [0.3, 0.4) is 0 Å². The van der Waals surface area contributed by atoms with Gasteiger partial charge in [-0.2, -0.15) is 0 Å². The van der Waals surface area contributed by atoms with Crippen molar-refractivity contribution in [2.45, 2.75) is 63.4 Å². The molecule has 2 atom stereocenters. The average Bonchev–Trinajstić information content (AvgIpc) is 3.73. The van der Waals surface area contributed by atoms with Crippen molar-refractivity contribution in [2.24, 2.45) is 0 Å². The summed E-state index contributed by atoms with van der Waals surface area (Å²) in [7, 11) is 0. The summed E-state index contributed by atoms with van der Waals surface area (Å²) >= 11 is -3.96. The molecule has 5 aromatic rings. The molecule has 0 amide bonds. The second-order valence-electron chi connectivity index (χ2n) is 15.2. The van der Waals surface area contributed by atoms with E-state index in [9.17, 15) is 0 Å². The third-order valence-electron chi connectivity index (χ3n) is 12.5. The van der Waals surface area contributed by atoms with Crippen molar-refractivity contribution in [3.8, 4) is 22.3 Å². The Morgan fingerprint density at radius 3 is 1.47 bits per heavy atom. The van der Waals surface area contributed by atoms with Crippen LogP contribution in [0.1, 0.15) is 57.4 Å². The Morgan fingerprint density at radius 2 is 0.979 bits per heavy atom. The van der Waals surface area contributed by atoms with Crippen molar-refractivity contribution >= 4 is 17.6 Å². The van der Waals surface area contributed by atoms with Crippen LogP contribution in [0.25, 0.3) is 34.4 Å². The molecule has 2 aliphatic rings. The molecule has 7 rings (SSSR count). The first kappa shape index (κ1) is 32.2. The van der Waals surface area contributed by atoms with Crippen LogP contribution < -0.4 is 0 Å². The first-order valence-electron chi connectivity index (χ1n) is 17.4. The number of aryl methyl sites for hydroxylation is 3. The van der Waals surface area contributed by atoms with Gasteiger partial charge in [-0.25, -0.2) is 0 Å². The van der Waals surface area contributed by atoms with Gasteiger partial charge in [-0.05, 0) is 0 Å². The fraction of sp³-hybridized carbons (Fsp3) is 0.244. The molecular weight excluding hydrogens is 747 g/mol. The summed E-state index contributed by atoms with van der Waals surface area (Å²) in [6, 6.07) is 40.5. The topological polar surface area (TPSA) is 0 Å². The molecule has 236 valence electrons. The van der Waals surface area contributed by atoms with Crippen LogP contribution in [-0.2, 0) is 23.5 Å². The Hall–Kier alpha value is -3.33. The van der Waals surface area contributed by atoms with Crippen molar-refractivity contribution in [2.75, 3.05) is 0 Å². The summed E-state index contributed by atoms with van der Waals surface area (Å²) in [6.45, 7) is 11.8. The molecule has 0 nitrogen and oxygen atoms in total. The molecule has 5 aromatic carbocycles. The quantitative estimate of drug-likeness (QED) is 0.144. The minimum absolute atomic E-state index is 0.520. The third kappa shape index (κ3) is 5.27. The van der Waals surface area contributed by atoms with E-state index < -0.39 is 22.6 Å². The summed E-state index contributed by atoms with van der Waals surface area (Å²) in [4.78, 5) is 0. The number of rotatable bonds is 7. The van der Waals surface area contributed by atoms with E-state index in [-0.39, 0.29) is 0 Å². The number of hydrogen-bond acceptors (Lipinski definition) is 0. The van der Waals surface area contributed by atoms with Crippen LogP contribution in [0, 0.1) is 27.7 Å².